The minimum absolute atomic E-state index is 0.0799. The monoisotopic (exact) mass is 500 g/mol. The summed E-state index contributed by atoms with van der Waals surface area (Å²) in [6.45, 7) is 0. The van der Waals surface area contributed by atoms with Crippen LogP contribution in [0.3, 0.4) is 0 Å². The third-order valence-corrected chi connectivity index (χ3v) is 7.20. The number of carbonyl (C=O) groups excluding carboxylic acids is 1. The zero-order valence-electron chi connectivity index (χ0n) is 15.2. The van der Waals surface area contributed by atoms with Crippen LogP contribution in [-0.2, 0) is 5.41 Å². The molecule has 2 aliphatic rings. The van der Waals surface area contributed by atoms with Crippen LogP contribution in [0.2, 0.25) is 0 Å². The molecule has 0 atom stereocenters. The molecule has 3 heteroatoms. The Bertz CT molecular complexity index is 1310. The van der Waals surface area contributed by atoms with Crippen molar-refractivity contribution in [2.24, 2.45) is 0 Å². The summed E-state index contributed by atoms with van der Waals surface area (Å²) in [5.74, 6) is 0.0799. The lowest BCUT2D eigenvalue weighted by Crippen LogP contribution is -2.36. The molecule has 2 aliphatic carbocycles. The van der Waals surface area contributed by atoms with Crippen LogP contribution < -0.4 is 0 Å². The van der Waals surface area contributed by atoms with Crippen LogP contribution in [0.15, 0.2) is 93.9 Å². The summed E-state index contributed by atoms with van der Waals surface area (Å²) in [5.41, 5.74) is 8.06. The van der Waals surface area contributed by atoms with Gasteiger partial charge >= 0.3 is 0 Å². The molecule has 0 amide bonds. The van der Waals surface area contributed by atoms with Gasteiger partial charge in [-0.2, -0.15) is 0 Å². The first kappa shape index (κ1) is 17.4. The summed E-state index contributed by atoms with van der Waals surface area (Å²) in [6.07, 6.45) is 0. The molecule has 4 aromatic carbocycles. The van der Waals surface area contributed by atoms with Gasteiger partial charge in [-0.3, -0.25) is 4.79 Å². The minimum atomic E-state index is -0.504. The Labute approximate surface area is 185 Å². The molecule has 1 nitrogen and oxygen atoms in total. The maximum Gasteiger partial charge on any atom is 0.193 e. The van der Waals surface area contributed by atoms with Gasteiger partial charge in [0.25, 0.3) is 0 Å². The Hall–Kier alpha value is -2.49. The fourth-order valence-corrected chi connectivity index (χ4v) is 5.88. The van der Waals surface area contributed by atoms with Crippen molar-refractivity contribution in [2.45, 2.75) is 5.41 Å². The third-order valence-electron chi connectivity index (χ3n) is 6.21. The molecule has 0 unspecified atom stereocenters. The van der Waals surface area contributed by atoms with Gasteiger partial charge in [-0.05, 0) is 63.7 Å². The van der Waals surface area contributed by atoms with Gasteiger partial charge in [0.2, 0.25) is 0 Å². The molecular weight excluding hydrogens is 488 g/mol. The second-order valence-corrected chi connectivity index (χ2v) is 9.38. The van der Waals surface area contributed by atoms with Crippen molar-refractivity contribution >= 4 is 37.6 Å². The van der Waals surface area contributed by atoms with Crippen molar-refractivity contribution in [1.29, 1.82) is 0 Å². The van der Waals surface area contributed by atoms with E-state index in [1.807, 2.05) is 24.3 Å². The van der Waals surface area contributed by atoms with E-state index in [0.717, 1.165) is 31.2 Å². The Balaban J connectivity index is 1.88. The average Bonchev–Trinajstić information content (AvgIpc) is 3.04. The van der Waals surface area contributed by atoms with Gasteiger partial charge in [0.15, 0.2) is 5.78 Å². The van der Waals surface area contributed by atoms with E-state index in [1.54, 1.807) is 0 Å². The zero-order chi connectivity index (χ0) is 19.8. The van der Waals surface area contributed by atoms with Crippen LogP contribution in [-0.4, -0.2) is 5.78 Å². The molecule has 0 radical (unpaired) electrons. The van der Waals surface area contributed by atoms with E-state index in [-0.39, 0.29) is 5.78 Å². The molecule has 0 N–H and O–H groups in total. The van der Waals surface area contributed by atoms with Gasteiger partial charge in [0, 0.05) is 20.1 Å². The van der Waals surface area contributed by atoms with E-state index in [0.29, 0.717) is 0 Å². The minimum Gasteiger partial charge on any atom is -0.289 e. The van der Waals surface area contributed by atoms with E-state index in [9.17, 15) is 4.79 Å². The van der Waals surface area contributed by atoms with Gasteiger partial charge < -0.3 is 0 Å². The molecule has 0 saturated carbocycles. The summed E-state index contributed by atoms with van der Waals surface area (Å²) in [4.78, 5) is 13.5. The fraction of sp³-hybridized carbons (Fsp3) is 0.0385. The van der Waals surface area contributed by atoms with E-state index in [2.05, 4.69) is 92.5 Å². The number of carbonyl (C=O) groups is 1. The quantitative estimate of drug-likeness (QED) is 0.216. The van der Waals surface area contributed by atoms with Gasteiger partial charge in [0.05, 0.1) is 5.41 Å². The number of rotatable bonds is 0. The molecule has 0 saturated heterocycles. The molecule has 1 spiro atoms. The van der Waals surface area contributed by atoms with Crippen LogP contribution in [0.5, 0.6) is 0 Å². The largest absolute Gasteiger partial charge is 0.289 e. The first-order chi connectivity index (χ1) is 14.1. The van der Waals surface area contributed by atoms with Crippen molar-refractivity contribution in [2.75, 3.05) is 0 Å². The lowest BCUT2D eigenvalue weighted by atomic mass is 9.61. The molecule has 0 bridgehead atoms. The van der Waals surface area contributed by atoms with Gasteiger partial charge in [-0.15, -0.1) is 0 Å². The summed E-state index contributed by atoms with van der Waals surface area (Å²) in [5, 5.41) is 0. The van der Waals surface area contributed by atoms with Crippen LogP contribution in [0.25, 0.3) is 11.1 Å². The highest BCUT2D eigenvalue weighted by Gasteiger charge is 2.51. The number of halogens is 2. The van der Waals surface area contributed by atoms with E-state index >= 15 is 0 Å². The summed E-state index contributed by atoms with van der Waals surface area (Å²) in [6, 6.07) is 29.3. The van der Waals surface area contributed by atoms with Gasteiger partial charge in [-0.1, -0.05) is 86.5 Å². The molecule has 138 valence electrons. The van der Waals surface area contributed by atoms with Crippen LogP contribution >= 0.6 is 31.9 Å². The smallest absolute Gasteiger partial charge is 0.193 e. The lowest BCUT2D eigenvalue weighted by molar-refractivity contribution is 0.103. The van der Waals surface area contributed by atoms with E-state index < -0.39 is 5.41 Å². The highest BCUT2D eigenvalue weighted by atomic mass is 79.9. The number of hydrogen-bond donors (Lipinski definition) is 0. The number of benzene rings is 4. The Morgan fingerprint density at radius 1 is 0.517 bits per heavy atom. The first-order valence-electron chi connectivity index (χ1n) is 9.46. The second-order valence-electron chi connectivity index (χ2n) is 7.55. The number of ketones is 1. The van der Waals surface area contributed by atoms with Crippen molar-refractivity contribution in [3.63, 3.8) is 0 Å². The number of hydrogen-bond acceptors (Lipinski definition) is 1. The SMILES string of the molecule is O=C1c2cc(Br)ccc2C2(c3cc(Br)ccc31)c1ccccc1-c1ccccc12. The molecule has 4 aromatic rings. The maximum atomic E-state index is 13.5. The maximum absolute atomic E-state index is 13.5. The highest BCUT2D eigenvalue weighted by molar-refractivity contribution is 9.10. The van der Waals surface area contributed by atoms with Crippen LogP contribution in [0.4, 0.5) is 0 Å². The van der Waals surface area contributed by atoms with Crippen LogP contribution in [0, 0.1) is 0 Å². The third kappa shape index (κ3) is 2.12. The first-order valence-corrected chi connectivity index (χ1v) is 11.0. The van der Waals surface area contributed by atoms with Crippen molar-refractivity contribution in [3.8, 4) is 11.1 Å². The van der Waals surface area contributed by atoms with Crippen molar-refractivity contribution in [1.82, 2.24) is 0 Å². The number of fused-ring (bicyclic) bond motifs is 9. The fourth-order valence-electron chi connectivity index (χ4n) is 5.16. The average molecular weight is 502 g/mol. The molecule has 0 aromatic heterocycles. The van der Waals surface area contributed by atoms with Gasteiger partial charge in [0.1, 0.15) is 0 Å². The summed E-state index contributed by atoms with van der Waals surface area (Å²) in [7, 11) is 0. The molecule has 0 heterocycles. The Kier molecular flexibility index (Phi) is 3.60. The molecule has 0 aliphatic heterocycles. The Morgan fingerprint density at radius 3 is 1.76 bits per heavy atom. The molecule has 29 heavy (non-hydrogen) atoms. The van der Waals surface area contributed by atoms with E-state index in [1.165, 1.54) is 22.3 Å². The molecule has 6 rings (SSSR count). The highest BCUT2D eigenvalue weighted by Crippen LogP contribution is 2.59. The molecule has 0 fully saturated rings. The van der Waals surface area contributed by atoms with Crippen LogP contribution in [0.1, 0.15) is 38.2 Å². The normalized spacial score (nSPS) is 14.9. The second kappa shape index (κ2) is 6.01. The Morgan fingerprint density at radius 2 is 1.07 bits per heavy atom. The predicted octanol–water partition coefficient (Wildman–Crippen LogP) is 7.12. The molecular formula is C26H14Br2O. The summed E-state index contributed by atoms with van der Waals surface area (Å²) >= 11 is 7.22. The predicted molar refractivity (Wildman–Crippen MR) is 123 cm³/mol. The summed E-state index contributed by atoms with van der Waals surface area (Å²) < 4.78 is 1.89. The van der Waals surface area contributed by atoms with E-state index in [4.69, 9.17) is 0 Å². The zero-order valence-corrected chi connectivity index (χ0v) is 18.4. The standard InChI is InChI=1S/C26H14Br2O/c27-15-10-12-23-20(13-15)25(29)19-11-9-16(28)14-24(19)26(23)21-7-3-1-5-17(21)18-6-2-4-8-22(18)26/h1-14H. The topological polar surface area (TPSA) is 17.1 Å². The van der Waals surface area contributed by atoms with Crippen molar-refractivity contribution < 1.29 is 4.79 Å². The van der Waals surface area contributed by atoms with Crippen molar-refractivity contribution in [3.05, 3.63) is 127 Å². The van der Waals surface area contributed by atoms with Gasteiger partial charge in [-0.25, -0.2) is 0 Å². The lowest BCUT2D eigenvalue weighted by Gasteiger charge is -2.39.